The van der Waals surface area contributed by atoms with Crippen molar-refractivity contribution in [3.63, 3.8) is 0 Å². The van der Waals surface area contributed by atoms with Crippen LogP contribution in [-0.4, -0.2) is 31.7 Å². The first kappa shape index (κ1) is 23.1. The van der Waals surface area contributed by atoms with Gasteiger partial charge in [0.05, 0.1) is 29.2 Å². The molecule has 0 atom stereocenters. The first-order valence-corrected chi connectivity index (χ1v) is 11.8. The number of aromatic nitrogens is 1. The second kappa shape index (κ2) is 8.68. The number of fused-ring (bicyclic) bond motifs is 1. The standard InChI is InChI=1S/C25H22N2O6S/c1-15-7-10-18(11-8-15)34(31,32)26-20-12-9-17(14-19(20)25(29)30)23(28)22-16(2)24(33-3)21-6-4-5-13-27(21)22/h4-14,26H,1-3H3,(H,29,30)/p-1. The summed E-state index contributed by atoms with van der Waals surface area (Å²) in [5.74, 6) is -1.53. The quantitative estimate of drug-likeness (QED) is 0.409. The van der Waals surface area contributed by atoms with Crippen LogP contribution in [0.4, 0.5) is 5.69 Å². The number of hydrogen-bond acceptors (Lipinski definition) is 6. The number of carboxylic acids is 1. The number of carbonyl (C=O) groups excluding carboxylic acids is 2. The molecule has 4 aromatic rings. The van der Waals surface area contributed by atoms with Gasteiger partial charge in [-0.15, -0.1) is 0 Å². The van der Waals surface area contributed by atoms with Gasteiger partial charge in [-0.1, -0.05) is 23.8 Å². The average Bonchev–Trinajstić information content (AvgIpc) is 3.09. The molecular formula is C25H21N2O6S-. The van der Waals surface area contributed by atoms with Gasteiger partial charge in [0.2, 0.25) is 5.78 Å². The summed E-state index contributed by atoms with van der Waals surface area (Å²) in [4.78, 5) is 25.2. The number of rotatable bonds is 7. The third-order valence-corrected chi connectivity index (χ3v) is 6.91. The van der Waals surface area contributed by atoms with Gasteiger partial charge in [-0.3, -0.25) is 9.52 Å². The van der Waals surface area contributed by atoms with Gasteiger partial charge in [-0.25, -0.2) is 8.42 Å². The van der Waals surface area contributed by atoms with Crippen LogP contribution in [0.5, 0.6) is 5.75 Å². The molecule has 9 heteroatoms. The number of ether oxygens (including phenoxy) is 1. The van der Waals surface area contributed by atoms with E-state index in [4.69, 9.17) is 4.74 Å². The molecule has 0 amide bonds. The molecule has 0 unspecified atom stereocenters. The number of nitrogens with zero attached hydrogens (tertiary/aromatic N) is 1. The molecule has 0 fully saturated rings. The fourth-order valence-electron chi connectivity index (χ4n) is 3.84. The molecule has 0 saturated heterocycles. The smallest absolute Gasteiger partial charge is 0.261 e. The van der Waals surface area contributed by atoms with Crippen molar-refractivity contribution in [2.24, 2.45) is 0 Å². The molecule has 1 N–H and O–H groups in total. The van der Waals surface area contributed by atoms with Crippen LogP contribution in [0.2, 0.25) is 0 Å². The zero-order valence-electron chi connectivity index (χ0n) is 18.7. The molecule has 0 aliphatic carbocycles. The largest absolute Gasteiger partial charge is 0.545 e. The third kappa shape index (κ3) is 4.01. The maximum Gasteiger partial charge on any atom is 0.261 e. The number of carbonyl (C=O) groups is 2. The third-order valence-electron chi connectivity index (χ3n) is 5.53. The Bertz CT molecular complexity index is 1540. The van der Waals surface area contributed by atoms with E-state index in [9.17, 15) is 23.1 Å². The molecule has 0 saturated carbocycles. The van der Waals surface area contributed by atoms with Crippen molar-refractivity contribution in [3.8, 4) is 5.75 Å². The van der Waals surface area contributed by atoms with Crippen molar-refractivity contribution >= 4 is 33.0 Å². The summed E-state index contributed by atoms with van der Waals surface area (Å²) in [5, 5.41) is 11.8. The van der Waals surface area contributed by atoms with Gasteiger partial charge in [-0.2, -0.15) is 0 Å². The zero-order chi connectivity index (χ0) is 24.6. The Morgan fingerprint density at radius 3 is 2.35 bits per heavy atom. The van der Waals surface area contributed by atoms with Crippen LogP contribution >= 0.6 is 0 Å². The Balaban J connectivity index is 1.76. The van der Waals surface area contributed by atoms with E-state index in [1.54, 1.807) is 41.8 Å². The molecule has 174 valence electrons. The van der Waals surface area contributed by atoms with Crippen molar-refractivity contribution in [1.82, 2.24) is 4.40 Å². The predicted octanol–water partition coefficient (Wildman–Crippen LogP) is 2.96. The van der Waals surface area contributed by atoms with E-state index in [-0.39, 0.29) is 16.1 Å². The fraction of sp³-hybridized carbons (Fsp3) is 0.120. The van der Waals surface area contributed by atoms with Gasteiger partial charge in [0.15, 0.2) is 0 Å². The van der Waals surface area contributed by atoms with Crippen molar-refractivity contribution in [2.75, 3.05) is 11.8 Å². The lowest BCUT2D eigenvalue weighted by Crippen LogP contribution is -2.25. The van der Waals surface area contributed by atoms with Gasteiger partial charge in [0.1, 0.15) is 11.4 Å². The summed E-state index contributed by atoms with van der Waals surface area (Å²) in [6.07, 6.45) is 1.71. The van der Waals surface area contributed by atoms with Crippen LogP contribution in [0.1, 0.15) is 37.5 Å². The van der Waals surface area contributed by atoms with E-state index < -0.39 is 27.3 Å². The summed E-state index contributed by atoms with van der Waals surface area (Å²) in [7, 11) is -2.55. The molecule has 2 heterocycles. The molecule has 34 heavy (non-hydrogen) atoms. The Kier molecular flexibility index (Phi) is 5.89. The molecule has 4 rings (SSSR count). The first-order chi connectivity index (χ1) is 16.1. The predicted molar refractivity (Wildman–Crippen MR) is 125 cm³/mol. The molecular weight excluding hydrogens is 456 g/mol. The minimum atomic E-state index is -4.05. The minimum absolute atomic E-state index is 0.0232. The van der Waals surface area contributed by atoms with E-state index in [1.165, 1.54) is 31.4 Å². The van der Waals surface area contributed by atoms with Crippen LogP contribution < -0.4 is 14.6 Å². The summed E-state index contributed by atoms with van der Waals surface area (Å²) in [5.41, 5.74) is 1.88. The van der Waals surface area contributed by atoms with Gasteiger partial charge < -0.3 is 19.0 Å². The lowest BCUT2D eigenvalue weighted by molar-refractivity contribution is -0.254. The van der Waals surface area contributed by atoms with Gasteiger partial charge >= 0.3 is 0 Å². The topological polar surface area (TPSA) is 117 Å². The van der Waals surface area contributed by atoms with E-state index in [0.29, 0.717) is 22.5 Å². The van der Waals surface area contributed by atoms with E-state index in [1.807, 2.05) is 13.0 Å². The first-order valence-electron chi connectivity index (χ1n) is 10.3. The number of aromatic carboxylic acids is 1. The van der Waals surface area contributed by atoms with Crippen molar-refractivity contribution in [1.29, 1.82) is 0 Å². The van der Waals surface area contributed by atoms with Gasteiger partial charge in [0.25, 0.3) is 10.0 Å². The fourth-order valence-corrected chi connectivity index (χ4v) is 4.92. The number of sulfonamides is 1. The SMILES string of the molecule is COc1c(C)c(C(=O)c2ccc(NS(=O)(=O)c3ccc(C)cc3)c(C(=O)[O-])c2)n2ccccc12. The van der Waals surface area contributed by atoms with Crippen LogP contribution in [0.15, 0.2) is 71.8 Å². The highest BCUT2D eigenvalue weighted by atomic mass is 32.2. The van der Waals surface area contributed by atoms with Crippen molar-refractivity contribution < 1.29 is 27.9 Å². The maximum absolute atomic E-state index is 13.4. The highest BCUT2D eigenvalue weighted by Crippen LogP contribution is 2.32. The number of nitrogens with one attached hydrogen (secondary N) is 1. The molecule has 2 aromatic carbocycles. The molecule has 0 radical (unpaired) electrons. The number of methoxy groups -OCH3 is 1. The molecule has 0 aliphatic rings. The molecule has 0 spiro atoms. The van der Waals surface area contributed by atoms with Crippen LogP contribution in [0.3, 0.4) is 0 Å². The van der Waals surface area contributed by atoms with Crippen LogP contribution in [-0.2, 0) is 10.0 Å². The number of benzene rings is 2. The Hall–Kier alpha value is -4.11. The monoisotopic (exact) mass is 477 g/mol. The Morgan fingerprint density at radius 2 is 1.71 bits per heavy atom. The van der Waals surface area contributed by atoms with Crippen LogP contribution in [0.25, 0.3) is 5.52 Å². The molecule has 0 bridgehead atoms. The number of aryl methyl sites for hydroxylation is 1. The second-order valence-corrected chi connectivity index (χ2v) is 9.44. The van der Waals surface area contributed by atoms with E-state index >= 15 is 0 Å². The number of carboxylic acid groups (broad SMARTS) is 1. The van der Waals surface area contributed by atoms with Gasteiger partial charge in [-0.05, 0) is 56.3 Å². The lowest BCUT2D eigenvalue weighted by atomic mass is 10.0. The molecule has 0 aliphatic heterocycles. The number of hydrogen-bond donors (Lipinski definition) is 1. The highest BCUT2D eigenvalue weighted by molar-refractivity contribution is 7.92. The molecule has 8 nitrogen and oxygen atoms in total. The normalized spacial score (nSPS) is 11.4. The van der Waals surface area contributed by atoms with Crippen molar-refractivity contribution in [2.45, 2.75) is 18.7 Å². The summed E-state index contributed by atoms with van der Waals surface area (Å²) in [6.45, 7) is 3.56. The Labute approximate surface area is 196 Å². The van der Waals surface area contributed by atoms with Gasteiger partial charge in [0, 0.05) is 22.9 Å². The van der Waals surface area contributed by atoms with E-state index in [0.717, 1.165) is 11.6 Å². The lowest BCUT2D eigenvalue weighted by Gasteiger charge is -2.15. The Morgan fingerprint density at radius 1 is 1.00 bits per heavy atom. The minimum Gasteiger partial charge on any atom is -0.545 e. The number of pyridine rings is 1. The van der Waals surface area contributed by atoms with Crippen LogP contribution in [0, 0.1) is 13.8 Å². The summed E-state index contributed by atoms with van der Waals surface area (Å²) >= 11 is 0. The summed E-state index contributed by atoms with van der Waals surface area (Å²) in [6, 6.07) is 15.2. The van der Waals surface area contributed by atoms with E-state index in [2.05, 4.69) is 4.72 Å². The zero-order valence-corrected chi connectivity index (χ0v) is 19.5. The molecule has 2 aromatic heterocycles. The van der Waals surface area contributed by atoms with Crippen molar-refractivity contribution in [3.05, 3.63) is 94.8 Å². The maximum atomic E-state index is 13.4. The highest BCUT2D eigenvalue weighted by Gasteiger charge is 2.24. The second-order valence-electron chi connectivity index (χ2n) is 7.76. The number of ketones is 1. The number of anilines is 1. The summed E-state index contributed by atoms with van der Waals surface area (Å²) < 4.78 is 34.9. The average molecular weight is 478 g/mol.